The number of amides is 1. The topological polar surface area (TPSA) is 57.6 Å². The summed E-state index contributed by atoms with van der Waals surface area (Å²) in [7, 11) is 3.12. The molecule has 7 heteroatoms. The molecule has 1 aromatic carbocycles. The normalized spacial score (nSPS) is 18.3. The van der Waals surface area contributed by atoms with Crippen LogP contribution in [0.25, 0.3) is 0 Å². The molecule has 25 heavy (non-hydrogen) atoms. The van der Waals surface area contributed by atoms with Crippen LogP contribution in [-0.4, -0.2) is 86.6 Å². The molecule has 2 aliphatic heterocycles. The minimum atomic E-state index is -0.0927. The largest absolute Gasteiger partial charge is 0.493 e. The van der Waals surface area contributed by atoms with Crippen LogP contribution in [0.4, 0.5) is 0 Å². The SMILES string of the molecule is CCN1CCN(C2=NCCN2C(=O)c2cccc(OC)c2OC)CC1. The number of benzene rings is 1. The van der Waals surface area contributed by atoms with Gasteiger partial charge in [-0.1, -0.05) is 13.0 Å². The van der Waals surface area contributed by atoms with E-state index >= 15 is 0 Å². The maximum Gasteiger partial charge on any atom is 0.264 e. The van der Waals surface area contributed by atoms with Crippen LogP contribution in [0.2, 0.25) is 0 Å². The van der Waals surface area contributed by atoms with Crippen molar-refractivity contribution in [2.75, 3.05) is 60.0 Å². The van der Waals surface area contributed by atoms with Gasteiger partial charge in [0.05, 0.1) is 26.3 Å². The van der Waals surface area contributed by atoms with Crippen molar-refractivity contribution in [1.29, 1.82) is 0 Å². The molecule has 2 aliphatic rings. The number of likely N-dealkylation sites (N-methyl/N-ethyl adjacent to an activating group) is 1. The van der Waals surface area contributed by atoms with Gasteiger partial charge < -0.3 is 19.3 Å². The van der Waals surface area contributed by atoms with Crippen LogP contribution >= 0.6 is 0 Å². The van der Waals surface area contributed by atoms with Crippen LogP contribution < -0.4 is 9.47 Å². The number of rotatable bonds is 4. The molecule has 3 rings (SSSR count). The van der Waals surface area contributed by atoms with Gasteiger partial charge in [-0.2, -0.15) is 0 Å². The van der Waals surface area contributed by atoms with E-state index in [9.17, 15) is 4.79 Å². The monoisotopic (exact) mass is 346 g/mol. The van der Waals surface area contributed by atoms with Crippen molar-refractivity contribution < 1.29 is 14.3 Å². The first-order valence-electron chi connectivity index (χ1n) is 8.74. The minimum Gasteiger partial charge on any atom is -0.493 e. The third-order valence-corrected chi connectivity index (χ3v) is 4.80. The number of hydrogen-bond acceptors (Lipinski definition) is 6. The van der Waals surface area contributed by atoms with Gasteiger partial charge >= 0.3 is 0 Å². The highest BCUT2D eigenvalue weighted by molar-refractivity contribution is 6.08. The minimum absolute atomic E-state index is 0.0927. The molecule has 0 unspecified atom stereocenters. The summed E-state index contributed by atoms with van der Waals surface area (Å²) in [6.45, 7) is 8.26. The fourth-order valence-corrected chi connectivity index (χ4v) is 3.36. The number of methoxy groups -OCH3 is 2. The molecule has 0 N–H and O–H groups in total. The molecule has 0 spiro atoms. The fraction of sp³-hybridized carbons (Fsp3) is 0.556. The van der Waals surface area contributed by atoms with E-state index in [0.717, 1.165) is 38.7 Å². The first kappa shape index (κ1) is 17.5. The average molecular weight is 346 g/mol. The first-order valence-corrected chi connectivity index (χ1v) is 8.74. The van der Waals surface area contributed by atoms with Gasteiger partial charge in [-0.15, -0.1) is 0 Å². The molecule has 1 fully saturated rings. The van der Waals surface area contributed by atoms with E-state index in [-0.39, 0.29) is 5.91 Å². The Hall–Kier alpha value is -2.28. The Morgan fingerprint density at radius 3 is 2.52 bits per heavy atom. The molecule has 0 aromatic heterocycles. The summed E-state index contributed by atoms with van der Waals surface area (Å²) in [6.07, 6.45) is 0. The van der Waals surface area contributed by atoms with Crippen molar-refractivity contribution in [2.24, 2.45) is 4.99 Å². The molecule has 0 aliphatic carbocycles. The lowest BCUT2D eigenvalue weighted by molar-refractivity contribution is 0.0830. The predicted octanol–water partition coefficient (Wildman–Crippen LogP) is 1.15. The van der Waals surface area contributed by atoms with Crippen LogP contribution in [-0.2, 0) is 0 Å². The van der Waals surface area contributed by atoms with Gasteiger partial charge in [0, 0.05) is 32.7 Å². The molecule has 136 valence electrons. The summed E-state index contributed by atoms with van der Waals surface area (Å²) in [5.41, 5.74) is 0.503. The summed E-state index contributed by atoms with van der Waals surface area (Å²) in [6, 6.07) is 5.37. The molecular weight excluding hydrogens is 320 g/mol. The van der Waals surface area contributed by atoms with E-state index in [2.05, 4.69) is 21.7 Å². The summed E-state index contributed by atoms with van der Waals surface area (Å²) in [5.74, 6) is 1.72. The van der Waals surface area contributed by atoms with Crippen molar-refractivity contribution >= 4 is 11.9 Å². The molecule has 7 nitrogen and oxygen atoms in total. The Morgan fingerprint density at radius 1 is 1.12 bits per heavy atom. The van der Waals surface area contributed by atoms with Gasteiger partial charge in [-0.3, -0.25) is 14.7 Å². The second-order valence-electron chi connectivity index (χ2n) is 6.10. The Labute approximate surface area is 148 Å². The zero-order chi connectivity index (χ0) is 17.8. The van der Waals surface area contributed by atoms with Gasteiger partial charge in [0.2, 0.25) is 5.96 Å². The lowest BCUT2D eigenvalue weighted by atomic mass is 10.1. The van der Waals surface area contributed by atoms with Crippen molar-refractivity contribution in [2.45, 2.75) is 6.92 Å². The number of nitrogens with zero attached hydrogens (tertiary/aromatic N) is 4. The highest BCUT2D eigenvalue weighted by Crippen LogP contribution is 2.32. The summed E-state index contributed by atoms with van der Waals surface area (Å²) in [4.78, 5) is 24.1. The summed E-state index contributed by atoms with van der Waals surface area (Å²) >= 11 is 0. The van der Waals surface area contributed by atoms with Gasteiger partial charge in [0.15, 0.2) is 11.5 Å². The van der Waals surface area contributed by atoms with Crippen LogP contribution in [0.15, 0.2) is 23.2 Å². The van der Waals surface area contributed by atoms with Gasteiger partial charge in [-0.25, -0.2) is 0 Å². The number of carbonyl (C=O) groups excluding carboxylic acids is 1. The molecule has 1 saturated heterocycles. The molecule has 0 radical (unpaired) electrons. The number of carbonyl (C=O) groups is 1. The van der Waals surface area contributed by atoms with Gasteiger partial charge in [0.25, 0.3) is 5.91 Å². The zero-order valence-corrected chi connectivity index (χ0v) is 15.2. The van der Waals surface area contributed by atoms with Crippen LogP contribution in [0.3, 0.4) is 0 Å². The van der Waals surface area contributed by atoms with E-state index in [0.29, 0.717) is 30.2 Å². The fourth-order valence-electron chi connectivity index (χ4n) is 3.36. The number of aliphatic imine (C=N–C) groups is 1. The second-order valence-corrected chi connectivity index (χ2v) is 6.10. The number of ether oxygens (including phenoxy) is 2. The maximum absolute atomic E-state index is 13.1. The number of piperazine rings is 1. The van der Waals surface area contributed by atoms with E-state index in [1.54, 1.807) is 31.3 Å². The van der Waals surface area contributed by atoms with Crippen molar-refractivity contribution in [3.05, 3.63) is 23.8 Å². The van der Waals surface area contributed by atoms with E-state index in [1.807, 2.05) is 6.07 Å². The first-order chi connectivity index (χ1) is 12.2. The van der Waals surface area contributed by atoms with Crippen LogP contribution in [0.1, 0.15) is 17.3 Å². The third-order valence-electron chi connectivity index (χ3n) is 4.80. The lowest BCUT2D eigenvalue weighted by Crippen LogP contribution is -2.53. The standard InChI is InChI=1S/C18H26N4O3/c1-4-20-10-12-21(13-11-20)18-19-8-9-22(18)17(23)14-6-5-7-15(24-2)16(14)25-3/h5-7H,4,8-13H2,1-3H3. The Balaban J connectivity index is 1.80. The predicted molar refractivity (Wildman–Crippen MR) is 96.6 cm³/mol. The number of hydrogen-bond donors (Lipinski definition) is 0. The Kier molecular flexibility index (Phi) is 5.43. The summed E-state index contributed by atoms with van der Waals surface area (Å²) < 4.78 is 10.7. The Morgan fingerprint density at radius 2 is 1.88 bits per heavy atom. The van der Waals surface area contributed by atoms with Crippen LogP contribution in [0, 0.1) is 0 Å². The average Bonchev–Trinajstić information content (AvgIpc) is 3.16. The molecule has 2 heterocycles. The van der Waals surface area contributed by atoms with E-state index < -0.39 is 0 Å². The summed E-state index contributed by atoms with van der Waals surface area (Å²) in [5, 5.41) is 0. The molecule has 1 amide bonds. The van der Waals surface area contributed by atoms with Crippen molar-refractivity contribution in [3.63, 3.8) is 0 Å². The second kappa shape index (κ2) is 7.74. The van der Waals surface area contributed by atoms with Crippen molar-refractivity contribution in [1.82, 2.24) is 14.7 Å². The van der Waals surface area contributed by atoms with E-state index in [4.69, 9.17) is 9.47 Å². The smallest absolute Gasteiger partial charge is 0.264 e. The van der Waals surface area contributed by atoms with Gasteiger partial charge in [0.1, 0.15) is 0 Å². The lowest BCUT2D eigenvalue weighted by Gasteiger charge is -2.37. The quantitative estimate of drug-likeness (QED) is 0.819. The van der Waals surface area contributed by atoms with Crippen molar-refractivity contribution in [3.8, 4) is 11.5 Å². The Bertz CT molecular complexity index is 654. The highest BCUT2D eigenvalue weighted by atomic mass is 16.5. The molecule has 0 atom stereocenters. The van der Waals surface area contributed by atoms with E-state index in [1.165, 1.54) is 0 Å². The molecule has 0 saturated carbocycles. The molecular formula is C18H26N4O3. The maximum atomic E-state index is 13.1. The molecule has 1 aromatic rings. The third kappa shape index (κ3) is 3.42. The molecule has 0 bridgehead atoms. The van der Waals surface area contributed by atoms with Gasteiger partial charge in [-0.05, 0) is 18.7 Å². The zero-order valence-electron chi connectivity index (χ0n) is 15.2. The highest BCUT2D eigenvalue weighted by Gasteiger charge is 2.32. The van der Waals surface area contributed by atoms with Crippen LogP contribution in [0.5, 0.6) is 11.5 Å². The number of guanidine groups is 1. The number of para-hydroxylation sites is 1.